The van der Waals surface area contributed by atoms with Gasteiger partial charge in [0.2, 0.25) is 0 Å². The first-order chi connectivity index (χ1) is 33.8. The van der Waals surface area contributed by atoms with Crippen LogP contribution in [0.2, 0.25) is 0 Å². The Bertz CT molecular complexity index is 1350. The van der Waals surface area contributed by atoms with Gasteiger partial charge in [-0.25, -0.2) is 9.13 Å². The highest BCUT2D eigenvalue weighted by atomic mass is 31.2. The van der Waals surface area contributed by atoms with Gasteiger partial charge in [-0.2, -0.15) is 0 Å². The molecule has 0 aliphatic rings. The first-order valence-electron chi connectivity index (χ1n) is 27.7. The summed E-state index contributed by atoms with van der Waals surface area (Å²) >= 11 is 0. The quantitative estimate of drug-likeness (QED) is 0.0165. The maximum absolute atomic E-state index is 12.2. The number of carbonyl (C=O) groups excluding carboxylic acids is 2. The molecule has 0 rings (SSSR count). The Morgan fingerprint density at radius 3 is 0.929 bits per heavy atom. The van der Waals surface area contributed by atoms with E-state index in [-0.39, 0.29) is 12.8 Å². The van der Waals surface area contributed by atoms with E-state index >= 15 is 0 Å². The molecule has 5 N–H and O–H groups in total. The minimum atomic E-state index is -4.79. The van der Waals surface area contributed by atoms with Crippen molar-refractivity contribution in [1.82, 2.24) is 0 Å². The average Bonchev–Trinajstić information content (AvgIpc) is 3.34. The molecule has 0 heterocycles. The molecule has 0 aromatic rings. The second kappa shape index (κ2) is 49.7. The van der Waals surface area contributed by atoms with Gasteiger partial charge in [-0.1, -0.05) is 212 Å². The zero-order chi connectivity index (χ0) is 51.7. The first-order valence-corrected chi connectivity index (χ1v) is 30.7. The summed E-state index contributed by atoms with van der Waals surface area (Å²) in [4.78, 5) is 43.9. The van der Waals surface area contributed by atoms with E-state index in [2.05, 4.69) is 47.2 Å². The molecule has 0 amide bonds. The Labute approximate surface area is 424 Å². The zero-order valence-electron chi connectivity index (χ0n) is 44.0. The zero-order valence-corrected chi connectivity index (χ0v) is 45.7. The summed E-state index contributed by atoms with van der Waals surface area (Å²) in [5, 5.41) is 30.1. The Morgan fingerprint density at radius 2 is 0.614 bits per heavy atom. The highest BCUT2D eigenvalue weighted by Gasteiger charge is 2.28. The van der Waals surface area contributed by atoms with Crippen LogP contribution in [0.5, 0.6) is 0 Å². The highest BCUT2D eigenvalue weighted by molar-refractivity contribution is 7.47. The molecule has 5 unspecified atom stereocenters. The van der Waals surface area contributed by atoms with Gasteiger partial charge < -0.3 is 34.6 Å². The molecule has 0 spiro atoms. The Hall–Kier alpha value is -1.48. The number of rotatable bonds is 54. The molecule has 0 saturated carbocycles. The fourth-order valence-corrected chi connectivity index (χ4v) is 9.19. The Morgan fingerprint density at radius 1 is 0.371 bits per heavy atom. The predicted molar refractivity (Wildman–Crippen MR) is 279 cm³/mol. The smallest absolute Gasteiger partial charge is 0.463 e. The third-order valence-corrected chi connectivity index (χ3v) is 13.8. The molecule has 0 bridgehead atoms. The van der Waals surface area contributed by atoms with Crippen molar-refractivity contribution in [2.24, 2.45) is 0 Å². The van der Waals surface area contributed by atoms with Crippen molar-refractivity contribution < 1.29 is 71.4 Å². The molecule has 0 aliphatic carbocycles. The Balaban J connectivity index is 3.80. The summed E-state index contributed by atoms with van der Waals surface area (Å²) in [5.41, 5.74) is 0. The molecule has 17 heteroatoms. The summed E-state index contributed by atoms with van der Waals surface area (Å²) in [7, 11) is -9.57. The van der Waals surface area contributed by atoms with Crippen molar-refractivity contribution >= 4 is 27.6 Å². The van der Waals surface area contributed by atoms with E-state index < -0.39 is 85.5 Å². The summed E-state index contributed by atoms with van der Waals surface area (Å²) in [6.07, 6.45) is 45.9. The van der Waals surface area contributed by atoms with Crippen molar-refractivity contribution in [3.05, 3.63) is 24.3 Å². The molecule has 414 valence electrons. The number of hydrogen-bond acceptors (Lipinski definition) is 13. The van der Waals surface area contributed by atoms with Crippen molar-refractivity contribution in [3.63, 3.8) is 0 Å². The van der Waals surface area contributed by atoms with Crippen LogP contribution in [0.4, 0.5) is 0 Å². The highest BCUT2D eigenvalue weighted by Crippen LogP contribution is 2.45. The number of carbonyl (C=O) groups is 2. The monoisotopic (exact) mass is 1040 g/mol. The molecule has 15 nitrogen and oxygen atoms in total. The average molecular weight is 1040 g/mol. The standard InChI is InChI=1S/C53H102O15P2/c1-3-5-7-9-11-13-15-17-19-21-22-23-24-26-28-30-32-34-36-38-40-42-53(58)64-44-50(55)46-66-70(61,62)68-48-51(56)47-67-69(59,60)65-45-49(54)43-63-52(57)41-39-37-35-33-31-29-27-25-20-18-16-14-12-10-8-6-4-2/h12,14,18,20,49-51,54-56H,3-11,13,15-17,19,21-48H2,1-2H3,(H,59,60)(H,61,62)/b14-12-,20-18-. The lowest BCUT2D eigenvalue weighted by Crippen LogP contribution is -2.25. The fraction of sp³-hybridized carbons (Fsp3) is 0.887. The SMILES string of the molecule is CCCCC/C=C\C/C=C\CCCCCCCCCC(=O)OCC(O)COP(=O)(O)OCC(O)COP(=O)(O)OCC(O)COC(=O)CCCCCCCCCCCCCCCCCCCCCCC. The second-order valence-electron chi connectivity index (χ2n) is 19.0. The molecule has 0 aromatic carbocycles. The minimum absolute atomic E-state index is 0.189. The van der Waals surface area contributed by atoms with Gasteiger partial charge in [0, 0.05) is 12.8 Å². The van der Waals surface area contributed by atoms with Crippen LogP contribution in [0.15, 0.2) is 24.3 Å². The van der Waals surface area contributed by atoms with Crippen LogP contribution in [0.1, 0.15) is 245 Å². The van der Waals surface area contributed by atoms with Crippen LogP contribution in [-0.4, -0.2) is 95.0 Å². The van der Waals surface area contributed by atoms with Crippen LogP contribution in [0.3, 0.4) is 0 Å². The van der Waals surface area contributed by atoms with Gasteiger partial charge in [-0.3, -0.25) is 27.7 Å². The fourth-order valence-electron chi connectivity index (χ4n) is 7.60. The molecule has 70 heavy (non-hydrogen) atoms. The lowest BCUT2D eigenvalue weighted by molar-refractivity contribution is -0.148. The lowest BCUT2D eigenvalue weighted by atomic mass is 10.0. The van der Waals surface area contributed by atoms with E-state index in [1.54, 1.807) is 0 Å². The van der Waals surface area contributed by atoms with E-state index in [1.165, 1.54) is 148 Å². The van der Waals surface area contributed by atoms with Crippen LogP contribution in [-0.2, 0) is 46.3 Å². The van der Waals surface area contributed by atoms with Crippen LogP contribution in [0, 0.1) is 0 Å². The molecule has 5 atom stereocenters. The number of unbranched alkanes of at least 4 members (excludes halogenated alkanes) is 30. The van der Waals surface area contributed by atoms with Gasteiger partial charge in [0.05, 0.1) is 26.4 Å². The van der Waals surface area contributed by atoms with E-state index in [0.29, 0.717) is 12.8 Å². The largest absolute Gasteiger partial charge is 0.472 e. The van der Waals surface area contributed by atoms with Crippen LogP contribution in [0.25, 0.3) is 0 Å². The minimum Gasteiger partial charge on any atom is -0.463 e. The predicted octanol–water partition coefficient (Wildman–Crippen LogP) is 13.6. The van der Waals surface area contributed by atoms with Crippen LogP contribution >= 0.6 is 15.6 Å². The van der Waals surface area contributed by atoms with E-state index in [4.69, 9.17) is 18.5 Å². The maximum atomic E-state index is 12.2. The second-order valence-corrected chi connectivity index (χ2v) is 21.9. The number of allylic oxidation sites excluding steroid dienone is 4. The van der Waals surface area contributed by atoms with E-state index in [9.17, 15) is 43.8 Å². The summed E-state index contributed by atoms with van der Waals surface area (Å²) in [5.74, 6) is -0.992. The van der Waals surface area contributed by atoms with Crippen LogP contribution < -0.4 is 0 Å². The molecule has 0 aromatic heterocycles. The van der Waals surface area contributed by atoms with Gasteiger partial charge in [0.1, 0.15) is 31.5 Å². The van der Waals surface area contributed by atoms with Gasteiger partial charge in [0.25, 0.3) is 0 Å². The number of phosphoric ester groups is 2. The van der Waals surface area contributed by atoms with Gasteiger partial charge in [-0.15, -0.1) is 0 Å². The van der Waals surface area contributed by atoms with Crippen molar-refractivity contribution in [2.45, 2.75) is 263 Å². The summed E-state index contributed by atoms with van der Waals surface area (Å²) in [6, 6.07) is 0. The normalized spacial score (nSPS) is 15.0. The number of hydrogen-bond donors (Lipinski definition) is 5. The number of aliphatic hydroxyl groups excluding tert-OH is 3. The Kier molecular flexibility index (Phi) is 48.7. The first kappa shape index (κ1) is 68.5. The van der Waals surface area contributed by atoms with Gasteiger partial charge >= 0.3 is 27.6 Å². The van der Waals surface area contributed by atoms with E-state index in [0.717, 1.165) is 57.8 Å². The summed E-state index contributed by atoms with van der Waals surface area (Å²) < 4.78 is 53.2. The number of aliphatic hydroxyl groups is 3. The molecular formula is C53H102O15P2. The molecule has 0 fully saturated rings. The van der Waals surface area contributed by atoms with Crippen molar-refractivity contribution in [1.29, 1.82) is 0 Å². The van der Waals surface area contributed by atoms with Crippen molar-refractivity contribution in [2.75, 3.05) is 39.6 Å². The topological polar surface area (TPSA) is 225 Å². The van der Waals surface area contributed by atoms with E-state index in [1.807, 2.05) is 0 Å². The number of phosphoric acid groups is 2. The maximum Gasteiger partial charge on any atom is 0.472 e. The van der Waals surface area contributed by atoms with Gasteiger partial charge in [0.15, 0.2) is 0 Å². The molecule has 0 saturated heterocycles. The number of ether oxygens (including phenoxy) is 2. The van der Waals surface area contributed by atoms with Gasteiger partial charge in [-0.05, 0) is 44.9 Å². The molecule has 0 radical (unpaired) electrons. The van der Waals surface area contributed by atoms with Crippen molar-refractivity contribution in [3.8, 4) is 0 Å². The summed E-state index contributed by atoms with van der Waals surface area (Å²) in [6.45, 7) is 0.445. The molecule has 0 aliphatic heterocycles. The number of esters is 2. The third kappa shape index (κ3) is 51.4. The molecular weight excluding hydrogens is 939 g/mol. The lowest BCUT2D eigenvalue weighted by Gasteiger charge is -2.19. The third-order valence-electron chi connectivity index (χ3n) is 11.9.